The minimum Gasteiger partial charge on any atom is -0.497 e. The van der Waals surface area contributed by atoms with Gasteiger partial charge in [0.1, 0.15) is 11.6 Å². The van der Waals surface area contributed by atoms with Gasteiger partial charge in [-0.1, -0.05) is 36.4 Å². The van der Waals surface area contributed by atoms with Crippen LogP contribution in [0.25, 0.3) is 0 Å². The van der Waals surface area contributed by atoms with E-state index in [0.29, 0.717) is 12.0 Å². The summed E-state index contributed by atoms with van der Waals surface area (Å²) in [6.07, 6.45) is 2.15. The number of ether oxygens (including phenoxy) is 1. The number of methoxy groups -OCH3 is 1. The van der Waals surface area contributed by atoms with Gasteiger partial charge < -0.3 is 10.1 Å². The zero-order valence-corrected chi connectivity index (χ0v) is 15.0. The van der Waals surface area contributed by atoms with E-state index in [1.165, 1.54) is 0 Å². The minimum atomic E-state index is -0.152. The second-order valence-corrected chi connectivity index (χ2v) is 6.18. The Labute approximate surface area is 153 Å². The summed E-state index contributed by atoms with van der Waals surface area (Å²) >= 11 is 0. The number of pyridine rings is 1. The summed E-state index contributed by atoms with van der Waals surface area (Å²) in [4.78, 5) is 17.2. The highest BCUT2D eigenvalue weighted by Crippen LogP contribution is 2.24. The molecule has 0 bridgehead atoms. The number of carbonyl (C=O) groups is 1. The number of ketones is 1. The topological polar surface area (TPSA) is 51.2 Å². The molecule has 1 unspecified atom stereocenters. The molecular weight excluding hydrogens is 324 g/mol. The van der Waals surface area contributed by atoms with Gasteiger partial charge in [0.25, 0.3) is 0 Å². The molecule has 0 fully saturated rings. The van der Waals surface area contributed by atoms with Crippen molar-refractivity contribution in [3.63, 3.8) is 0 Å². The lowest BCUT2D eigenvalue weighted by Crippen LogP contribution is -2.16. The van der Waals surface area contributed by atoms with Crippen molar-refractivity contribution in [1.29, 1.82) is 0 Å². The third kappa shape index (κ3) is 4.48. The molecule has 1 N–H and O–H groups in total. The molecule has 0 spiro atoms. The van der Waals surface area contributed by atoms with Crippen molar-refractivity contribution >= 4 is 11.6 Å². The normalized spacial score (nSPS) is 11.6. The van der Waals surface area contributed by atoms with E-state index < -0.39 is 0 Å². The van der Waals surface area contributed by atoms with Crippen LogP contribution >= 0.6 is 0 Å². The molecule has 0 aliphatic rings. The Morgan fingerprint density at radius 3 is 2.38 bits per heavy atom. The van der Waals surface area contributed by atoms with Gasteiger partial charge in [-0.05, 0) is 48.4 Å². The fraction of sp³-hybridized carbons (Fsp3) is 0.182. The van der Waals surface area contributed by atoms with Gasteiger partial charge in [-0.25, -0.2) is 4.98 Å². The first-order valence-electron chi connectivity index (χ1n) is 8.57. The average Bonchev–Trinajstić information content (AvgIpc) is 2.70. The maximum absolute atomic E-state index is 12.8. The zero-order valence-electron chi connectivity index (χ0n) is 15.0. The molecule has 1 heterocycles. The highest BCUT2D eigenvalue weighted by molar-refractivity contribution is 5.96. The molecule has 0 amide bonds. The number of carbonyl (C=O) groups excluding carboxylic acids is 1. The molecule has 26 heavy (non-hydrogen) atoms. The molecule has 3 rings (SSSR count). The molecule has 1 atom stereocenters. The minimum absolute atomic E-state index is 0.0705. The number of benzene rings is 2. The van der Waals surface area contributed by atoms with Gasteiger partial charge in [0.15, 0.2) is 5.78 Å². The average molecular weight is 346 g/mol. The number of aromatic nitrogens is 1. The first-order valence-corrected chi connectivity index (χ1v) is 8.57. The summed E-state index contributed by atoms with van der Waals surface area (Å²) in [5, 5.41) is 3.39. The van der Waals surface area contributed by atoms with Crippen molar-refractivity contribution in [2.75, 3.05) is 12.4 Å². The molecule has 2 aromatic carbocycles. The number of hydrogen-bond donors (Lipinski definition) is 1. The van der Waals surface area contributed by atoms with Crippen molar-refractivity contribution in [2.45, 2.75) is 19.4 Å². The number of anilines is 1. The Morgan fingerprint density at radius 1 is 1.04 bits per heavy atom. The molecule has 0 aliphatic carbocycles. The Balaban J connectivity index is 1.80. The summed E-state index contributed by atoms with van der Waals surface area (Å²) in [7, 11) is 1.61. The van der Waals surface area contributed by atoms with Crippen LogP contribution in [-0.4, -0.2) is 17.9 Å². The van der Waals surface area contributed by atoms with Crippen molar-refractivity contribution < 1.29 is 9.53 Å². The highest BCUT2D eigenvalue weighted by atomic mass is 16.5. The van der Waals surface area contributed by atoms with Crippen LogP contribution in [-0.2, 0) is 0 Å². The molecule has 4 heteroatoms. The van der Waals surface area contributed by atoms with Gasteiger partial charge in [0.2, 0.25) is 0 Å². The molecule has 0 aliphatic heterocycles. The Hall–Kier alpha value is -3.14. The Morgan fingerprint density at radius 2 is 1.77 bits per heavy atom. The predicted octanol–water partition coefficient (Wildman–Crippen LogP) is 4.82. The number of nitrogens with one attached hydrogen (secondary N) is 1. The summed E-state index contributed by atoms with van der Waals surface area (Å²) in [6.45, 7) is 2.00. The van der Waals surface area contributed by atoms with Gasteiger partial charge in [-0.3, -0.25) is 4.79 Å². The maximum atomic E-state index is 12.8. The van der Waals surface area contributed by atoms with Crippen LogP contribution in [0.3, 0.4) is 0 Å². The molecule has 0 radical (unpaired) electrons. The molecular formula is C22H22N2O2. The number of hydrogen-bond acceptors (Lipinski definition) is 4. The fourth-order valence-corrected chi connectivity index (χ4v) is 2.75. The van der Waals surface area contributed by atoms with E-state index in [2.05, 4.69) is 10.3 Å². The smallest absolute Gasteiger partial charge is 0.165 e. The zero-order chi connectivity index (χ0) is 18.4. The van der Waals surface area contributed by atoms with Gasteiger partial charge >= 0.3 is 0 Å². The standard InChI is InChI=1S/C22H22N2O2/c1-16-8-13-22(23-15-16)24-20(17-6-4-3-5-7-17)14-21(25)18-9-11-19(26-2)12-10-18/h3-13,15,20H,14H2,1-2H3,(H,23,24). The summed E-state index contributed by atoms with van der Waals surface area (Å²) in [6, 6.07) is 21.0. The van der Waals surface area contributed by atoms with E-state index in [0.717, 1.165) is 22.7 Å². The van der Waals surface area contributed by atoms with E-state index in [-0.39, 0.29) is 11.8 Å². The first kappa shape index (κ1) is 17.7. The number of aryl methyl sites for hydroxylation is 1. The molecule has 4 nitrogen and oxygen atoms in total. The second-order valence-electron chi connectivity index (χ2n) is 6.18. The summed E-state index contributed by atoms with van der Waals surface area (Å²) in [5.41, 5.74) is 2.82. The quantitative estimate of drug-likeness (QED) is 0.623. The van der Waals surface area contributed by atoms with Crippen LogP contribution in [0.15, 0.2) is 72.9 Å². The number of nitrogens with zero attached hydrogens (tertiary/aromatic N) is 1. The van der Waals surface area contributed by atoms with Gasteiger partial charge in [0, 0.05) is 18.2 Å². The summed E-state index contributed by atoms with van der Waals surface area (Å²) < 4.78 is 5.16. The molecule has 1 aromatic heterocycles. The molecule has 132 valence electrons. The first-order chi connectivity index (χ1) is 12.7. The lowest BCUT2D eigenvalue weighted by Gasteiger charge is -2.19. The van der Waals surface area contributed by atoms with Gasteiger partial charge in [-0.15, -0.1) is 0 Å². The number of rotatable bonds is 7. The Bertz CT molecular complexity index is 844. The monoisotopic (exact) mass is 346 g/mol. The van der Waals surface area contributed by atoms with Crippen LogP contribution in [0.5, 0.6) is 5.75 Å². The van der Waals surface area contributed by atoms with Gasteiger partial charge in [-0.2, -0.15) is 0 Å². The molecule has 3 aromatic rings. The largest absolute Gasteiger partial charge is 0.497 e. The van der Waals surface area contributed by atoms with Crippen molar-refractivity contribution in [3.05, 3.63) is 89.6 Å². The van der Waals surface area contributed by atoms with Gasteiger partial charge in [0.05, 0.1) is 13.2 Å². The predicted molar refractivity (Wildman–Crippen MR) is 104 cm³/mol. The lowest BCUT2D eigenvalue weighted by molar-refractivity contribution is 0.0976. The fourth-order valence-electron chi connectivity index (χ4n) is 2.75. The van der Waals surface area contributed by atoms with Crippen LogP contribution in [0.4, 0.5) is 5.82 Å². The third-order valence-corrected chi connectivity index (χ3v) is 4.24. The van der Waals surface area contributed by atoms with E-state index in [1.807, 2.05) is 55.6 Å². The van der Waals surface area contributed by atoms with Crippen molar-refractivity contribution in [3.8, 4) is 5.75 Å². The van der Waals surface area contributed by atoms with Crippen LogP contribution in [0, 0.1) is 6.92 Å². The van der Waals surface area contributed by atoms with Crippen LogP contribution in [0.1, 0.15) is 33.9 Å². The van der Waals surface area contributed by atoms with Crippen LogP contribution in [0.2, 0.25) is 0 Å². The molecule has 0 saturated carbocycles. The number of Topliss-reactive ketones (excluding diaryl/α,β-unsaturated/α-hetero) is 1. The highest BCUT2D eigenvalue weighted by Gasteiger charge is 2.17. The van der Waals surface area contributed by atoms with E-state index >= 15 is 0 Å². The second kappa shape index (κ2) is 8.30. The van der Waals surface area contributed by atoms with Crippen molar-refractivity contribution in [2.24, 2.45) is 0 Å². The van der Waals surface area contributed by atoms with Crippen molar-refractivity contribution in [1.82, 2.24) is 4.98 Å². The summed E-state index contributed by atoms with van der Waals surface area (Å²) in [5.74, 6) is 1.57. The lowest BCUT2D eigenvalue weighted by atomic mass is 9.98. The van der Waals surface area contributed by atoms with E-state index in [9.17, 15) is 4.79 Å². The Kier molecular flexibility index (Phi) is 5.64. The molecule has 0 saturated heterocycles. The SMILES string of the molecule is COc1ccc(C(=O)CC(Nc2ccc(C)cn2)c2ccccc2)cc1. The van der Waals surface area contributed by atoms with E-state index in [1.54, 1.807) is 31.4 Å². The van der Waals surface area contributed by atoms with E-state index in [4.69, 9.17) is 4.74 Å². The maximum Gasteiger partial charge on any atom is 0.165 e. The third-order valence-electron chi connectivity index (χ3n) is 4.24. The van der Waals surface area contributed by atoms with Crippen LogP contribution < -0.4 is 10.1 Å².